The maximum absolute atomic E-state index is 12.0. The van der Waals surface area contributed by atoms with Crippen molar-refractivity contribution in [3.63, 3.8) is 0 Å². The van der Waals surface area contributed by atoms with Gasteiger partial charge in [0, 0.05) is 17.7 Å². The minimum Gasteiger partial charge on any atom is -0.496 e. The predicted octanol–water partition coefficient (Wildman–Crippen LogP) is 3.27. The average Bonchev–Trinajstić information content (AvgIpc) is 2.52. The van der Waals surface area contributed by atoms with Crippen molar-refractivity contribution < 1.29 is 19.2 Å². The third kappa shape index (κ3) is 3.60. The van der Waals surface area contributed by atoms with Gasteiger partial charge in [0.1, 0.15) is 12.4 Å². The summed E-state index contributed by atoms with van der Waals surface area (Å²) < 4.78 is 10.3. The van der Waals surface area contributed by atoms with Gasteiger partial charge in [-0.15, -0.1) is 0 Å². The smallest absolute Gasteiger partial charge is 0.338 e. The van der Waals surface area contributed by atoms with Crippen molar-refractivity contribution in [3.8, 4) is 5.75 Å². The van der Waals surface area contributed by atoms with Crippen molar-refractivity contribution in [3.05, 3.63) is 69.3 Å². The van der Waals surface area contributed by atoms with Crippen LogP contribution in [0.25, 0.3) is 0 Å². The fourth-order valence-electron chi connectivity index (χ4n) is 1.99. The molecule has 0 saturated carbocycles. The van der Waals surface area contributed by atoms with Gasteiger partial charge in [0.05, 0.1) is 17.6 Å². The number of methoxy groups -OCH3 is 1. The molecule has 0 saturated heterocycles. The number of carbonyl (C=O) groups is 1. The van der Waals surface area contributed by atoms with Gasteiger partial charge in [-0.05, 0) is 25.1 Å². The molecule has 0 unspecified atom stereocenters. The van der Waals surface area contributed by atoms with Crippen LogP contribution in [-0.2, 0) is 11.3 Å². The maximum atomic E-state index is 12.0. The van der Waals surface area contributed by atoms with E-state index < -0.39 is 10.9 Å². The first kappa shape index (κ1) is 15.5. The summed E-state index contributed by atoms with van der Waals surface area (Å²) in [5.41, 5.74) is 1.74. The number of aryl methyl sites for hydroxylation is 1. The van der Waals surface area contributed by atoms with Crippen molar-refractivity contribution in [2.45, 2.75) is 13.5 Å². The summed E-state index contributed by atoms with van der Waals surface area (Å²) in [6.07, 6.45) is 0. The first-order valence-corrected chi connectivity index (χ1v) is 6.56. The number of ether oxygens (including phenoxy) is 2. The number of nitrogens with zero attached hydrogens (tertiary/aromatic N) is 1. The van der Waals surface area contributed by atoms with Crippen molar-refractivity contribution >= 4 is 11.7 Å². The molecule has 0 atom stereocenters. The molecule has 0 heterocycles. The summed E-state index contributed by atoms with van der Waals surface area (Å²) in [5, 5.41) is 10.8. The van der Waals surface area contributed by atoms with Crippen LogP contribution in [-0.4, -0.2) is 18.0 Å². The van der Waals surface area contributed by atoms with Crippen LogP contribution < -0.4 is 4.74 Å². The Morgan fingerprint density at radius 1 is 1.23 bits per heavy atom. The molecule has 6 heteroatoms. The van der Waals surface area contributed by atoms with Crippen LogP contribution in [0.1, 0.15) is 21.5 Å². The monoisotopic (exact) mass is 301 g/mol. The number of nitro groups is 1. The fraction of sp³-hybridized carbons (Fsp3) is 0.188. The topological polar surface area (TPSA) is 78.7 Å². The first-order chi connectivity index (χ1) is 10.5. The fourth-order valence-corrected chi connectivity index (χ4v) is 1.99. The van der Waals surface area contributed by atoms with Gasteiger partial charge in [0.25, 0.3) is 5.69 Å². The summed E-state index contributed by atoms with van der Waals surface area (Å²) in [7, 11) is 1.45. The van der Waals surface area contributed by atoms with Crippen LogP contribution in [0, 0.1) is 17.0 Å². The molecule has 2 aromatic carbocycles. The number of nitro benzene ring substituents is 1. The third-order valence-electron chi connectivity index (χ3n) is 3.09. The van der Waals surface area contributed by atoms with Crippen LogP contribution in [0.2, 0.25) is 0 Å². The molecule has 0 N–H and O–H groups in total. The van der Waals surface area contributed by atoms with Crippen molar-refractivity contribution in [2.75, 3.05) is 7.11 Å². The predicted molar refractivity (Wildman–Crippen MR) is 79.9 cm³/mol. The molecular formula is C16H15NO5. The Morgan fingerprint density at radius 3 is 2.64 bits per heavy atom. The third-order valence-corrected chi connectivity index (χ3v) is 3.09. The number of non-ortho nitro benzene ring substituents is 1. The van der Waals surface area contributed by atoms with Gasteiger partial charge in [-0.25, -0.2) is 4.79 Å². The van der Waals surface area contributed by atoms with Crippen molar-refractivity contribution in [2.24, 2.45) is 0 Å². The Morgan fingerprint density at radius 2 is 2.00 bits per heavy atom. The van der Waals surface area contributed by atoms with E-state index in [2.05, 4.69) is 0 Å². The van der Waals surface area contributed by atoms with Gasteiger partial charge in [-0.1, -0.05) is 17.7 Å². The van der Waals surface area contributed by atoms with Crippen LogP contribution in [0.4, 0.5) is 5.69 Å². The maximum Gasteiger partial charge on any atom is 0.338 e. The zero-order valence-corrected chi connectivity index (χ0v) is 12.2. The normalized spacial score (nSPS) is 10.1. The molecule has 114 valence electrons. The highest BCUT2D eigenvalue weighted by Crippen LogP contribution is 2.25. The number of hydrogen-bond acceptors (Lipinski definition) is 5. The van der Waals surface area contributed by atoms with E-state index in [0.29, 0.717) is 16.9 Å². The quantitative estimate of drug-likeness (QED) is 0.481. The second-order valence-corrected chi connectivity index (χ2v) is 4.70. The second kappa shape index (κ2) is 6.71. The Hall–Kier alpha value is -2.89. The number of esters is 1. The van der Waals surface area contributed by atoms with Gasteiger partial charge < -0.3 is 9.47 Å². The summed E-state index contributed by atoms with van der Waals surface area (Å²) in [6, 6.07) is 11.2. The number of hydrogen-bond donors (Lipinski definition) is 0. The highest BCUT2D eigenvalue weighted by atomic mass is 16.6. The first-order valence-electron chi connectivity index (χ1n) is 6.56. The molecule has 0 aliphatic carbocycles. The van der Waals surface area contributed by atoms with E-state index in [-0.39, 0.29) is 12.3 Å². The van der Waals surface area contributed by atoms with E-state index in [1.807, 2.05) is 13.0 Å². The van der Waals surface area contributed by atoms with Gasteiger partial charge in [-0.2, -0.15) is 0 Å². The summed E-state index contributed by atoms with van der Waals surface area (Å²) in [4.78, 5) is 22.3. The van der Waals surface area contributed by atoms with Gasteiger partial charge >= 0.3 is 5.97 Å². The van der Waals surface area contributed by atoms with E-state index in [9.17, 15) is 14.9 Å². The zero-order chi connectivity index (χ0) is 16.1. The molecule has 0 amide bonds. The largest absolute Gasteiger partial charge is 0.496 e. The van der Waals surface area contributed by atoms with E-state index >= 15 is 0 Å². The highest BCUT2D eigenvalue weighted by molar-refractivity contribution is 5.89. The molecule has 22 heavy (non-hydrogen) atoms. The second-order valence-electron chi connectivity index (χ2n) is 4.70. The summed E-state index contributed by atoms with van der Waals surface area (Å²) in [6.45, 7) is 1.78. The Labute approximate surface area is 127 Å². The molecular weight excluding hydrogens is 286 g/mol. The SMILES string of the molecule is COc1ccc([N+](=O)[O-])cc1COC(=O)c1cccc(C)c1. The average molecular weight is 301 g/mol. The van der Waals surface area contributed by atoms with E-state index in [1.165, 1.54) is 25.3 Å². The zero-order valence-electron chi connectivity index (χ0n) is 12.2. The molecule has 0 aliphatic heterocycles. The highest BCUT2D eigenvalue weighted by Gasteiger charge is 2.14. The number of rotatable bonds is 5. The van der Waals surface area contributed by atoms with Gasteiger partial charge in [0.15, 0.2) is 0 Å². The lowest BCUT2D eigenvalue weighted by molar-refractivity contribution is -0.385. The summed E-state index contributed by atoms with van der Waals surface area (Å²) in [5.74, 6) is -0.0556. The van der Waals surface area contributed by atoms with Gasteiger partial charge in [0.2, 0.25) is 0 Å². The molecule has 2 rings (SSSR count). The molecule has 0 aliphatic rings. The molecule has 0 fully saturated rings. The Bertz CT molecular complexity index is 711. The van der Waals surface area contributed by atoms with E-state index in [1.54, 1.807) is 18.2 Å². The molecule has 0 aromatic heterocycles. The van der Waals surface area contributed by atoms with Crippen molar-refractivity contribution in [1.29, 1.82) is 0 Å². The lowest BCUT2D eigenvalue weighted by atomic mass is 10.1. The minimum absolute atomic E-state index is 0.0811. The molecule has 0 bridgehead atoms. The van der Waals surface area contributed by atoms with Crippen LogP contribution in [0.15, 0.2) is 42.5 Å². The molecule has 6 nitrogen and oxygen atoms in total. The van der Waals surface area contributed by atoms with Crippen LogP contribution >= 0.6 is 0 Å². The Balaban J connectivity index is 2.15. The van der Waals surface area contributed by atoms with Crippen molar-refractivity contribution in [1.82, 2.24) is 0 Å². The van der Waals surface area contributed by atoms with Crippen LogP contribution in [0.5, 0.6) is 5.75 Å². The van der Waals surface area contributed by atoms with E-state index in [0.717, 1.165) is 5.56 Å². The van der Waals surface area contributed by atoms with E-state index in [4.69, 9.17) is 9.47 Å². The molecule has 0 radical (unpaired) electrons. The molecule has 0 spiro atoms. The Kier molecular flexibility index (Phi) is 4.73. The molecule has 2 aromatic rings. The number of benzene rings is 2. The lowest BCUT2D eigenvalue weighted by Crippen LogP contribution is -2.06. The number of carbonyl (C=O) groups excluding carboxylic acids is 1. The van der Waals surface area contributed by atoms with Crippen LogP contribution in [0.3, 0.4) is 0 Å². The lowest BCUT2D eigenvalue weighted by Gasteiger charge is -2.09. The van der Waals surface area contributed by atoms with Gasteiger partial charge in [-0.3, -0.25) is 10.1 Å². The summed E-state index contributed by atoms with van der Waals surface area (Å²) >= 11 is 0. The standard InChI is InChI=1S/C16H15NO5/c1-11-4-3-5-12(8-11)16(18)22-10-13-9-14(17(19)20)6-7-15(13)21-2/h3-9H,10H2,1-2H3. The minimum atomic E-state index is -0.509.